The highest BCUT2D eigenvalue weighted by molar-refractivity contribution is 6.10. The first-order valence-corrected chi connectivity index (χ1v) is 17.6. The van der Waals surface area contributed by atoms with Crippen molar-refractivity contribution in [3.8, 4) is 28.2 Å². The molecule has 3 aromatic heterocycles. The van der Waals surface area contributed by atoms with Gasteiger partial charge in [0.2, 0.25) is 0 Å². The SMILES string of the molecule is CC(C)(C)c1nc2ccccc2n1-c1cccc(-c2cc(-n3c4ccccc4c4ccccc43)cc(-n3c4ccccc4c4ccccc43)c2)c1. The Hall–Kier alpha value is -6.39. The van der Waals surface area contributed by atoms with Crippen LogP contribution in [0.5, 0.6) is 0 Å². The van der Waals surface area contributed by atoms with Crippen LogP contribution in [0.1, 0.15) is 26.6 Å². The van der Waals surface area contributed by atoms with E-state index in [1.807, 2.05) is 0 Å². The maximum absolute atomic E-state index is 5.13. The Morgan fingerprint density at radius 2 is 0.804 bits per heavy atom. The summed E-state index contributed by atoms with van der Waals surface area (Å²) < 4.78 is 7.19. The molecule has 10 rings (SSSR count). The molecule has 0 amide bonds. The van der Waals surface area contributed by atoms with E-state index in [4.69, 9.17) is 4.98 Å². The van der Waals surface area contributed by atoms with Crippen molar-refractivity contribution in [3.63, 3.8) is 0 Å². The summed E-state index contributed by atoms with van der Waals surface area (Å²) in [4.78, 5) is 5.13. The summed E-state index contributed by atoms with van der Waals surface area (Å²) in [6.07, 6.45) is 0. The minimum absolute atomic E-state index is 0.144. The topological polar surface area (TPSA) is 27.7 Å². The van der Waals surface area contributed by atoms with E-state index in [-0.39, 0.29) is 5.41 Å². The van der Waals surface area contributed by atoms with Crippen molar-refractivity contribution in [2.75, 3.05) is 0 Å². The van der Waals surface area contributed by atoms with Gasteiger partial charge in [-0.2, -0.15) is 0 Å². The average Bonchev–Trinajstić information content (AvgIpc) is 3.83. The summed E-state index contributed by atoms with van der Waals surface area (Å²) in [5, 5.41) is 5.00. The summed E-state index contributed by atoms with van der Waals surface area (Å²) in [6, 6.07) is 59.4. The average molecular weight is 657 g/mol. The largest absolute Gasteiger partial charge is 0.309 e. The number of fused-ring (bicyclic) bond motifs is 7. The van der Waals surface area contributed by atoms with Crippen LogP contribution in [-0.4, -0.2) is 18.7 Å². The molecule has 0 fully saturated rings. The fraction of sp³-hybridized carbons (Fsp3) is 0.0851. The fourth-order valence-electron chi connectivity index (χ4n) is 8.04. The number of hydrogen-bond donors (Lipinski definition) is 0. The minimum Gasteiger partial charge on any atom is -0.309 e. The maximum Gasteiger partial charge on any atom is 0.119 e. The van der Waals surface area contributed by atoms with Crippen molar-refractivity contribution in [1.29, 1.82) is 0 Å². The van der Waals surface area contributed by atoms with Gasteiger partial charge in [-0.15, -0.1) is 0 Å². The summed E-state index contributed by atoms with van der Waals surface area (Å²) >= 11 is 0. The zero-order valence-corrected chi connectivity index (χ0v) is 28.9. The zero-order valence-electron chi connectivity index (χ0n) is 28.9. The summed E-state index contributed by atoms with van der Waals surface area (Å²) in [5.41, 5.74) is 12.4. The number of aromatic nitrogens is 4. The first-order chi connectivity index (χ1) is 24.9. The lowest BCUT2D eigenvalue weighted by atomic mass is 9.95. The van der Waals surface area contributed by atoms with E-state index in [1.54, 1.807) is 0 Å². The van der Waals surface area contributed by atoms with Gasteiger partial charge in [-0.3, -0.25) is 4.57 Å². The molecule has 4 nitrogen and oxygen atoms in total. The van der Waals surface area contributed by atoms with E-state index in [2.05, 4.69) is 198 Å². The second-order valence-corrected chi connectivity index (χ2v) is 14.5. The lowest BCUT2D eigenvalue weighted by Crippen LogP contribution is -2.18. The van der Waals surface area contributed by atoms with Gasteiger partial charge in [-0.25, -0.2) is 4.98 Å². The van der Waals surface area contributed by atoms with Crippen LogP contribution in [0.4, 0.5) is 0 Å². The molecule has 0 bridgehead atoms. The molecule has 0 radical (unpaired) electrons. The number of rotatable bonds is 4. The molecule has 0 saturated carbocycles. The quantitative estimate of drug-likeness (QED) is 0.185. The zero-order chi connectivity index (χ0) is 34.3. The molecule has 3 heterocycles. The number of benzene rings is 7. The van der Waals surface area contributed by atoms with Crippen LogP contribution in [0.2, 0.25) is 0 Å². The van der Waals surface area contributed by atoms with Gasteiger partial charge in [0.25, 0.3) is 0 Å². The van der Waals surface area contributed by atoms with Gasteiger partial charge in [-0.05, 0) is 77.9 Å². The molecule has 244 valence electrons. The van der Waals surface area contributed by atoms with E-state index in [0.29, 0.717) is 0 Å². The van der Waals surface area contributed by atoms with Crippen LogP contribution in [0, 0.1) is 0 Å². The lowest BCUT2D eigenvalue weighted by Gasteiger charge is -2.21. The van der Waals surface area contributed by atoms with E-state index >= 15 is 0 Å². The van der Waals surface area contributed by atoms with Crippen LogP contribution in [0.25, 0.3) is 82.8 Å². The molecule has 7 aromatic carbocycles. The molecule has 4 heteroatoms. The third kappa shape index (κ3) is 4.56. The van der Waals surface area contributed by atoms with Crippen LogP contribution in [0.3, 0.4) is 0 Å². The second kappa shape index (κ2) is 11.1. The highest BCUT2D eigenvalue weighted by Crippen LogP contribution is 2.38. The molecular formula is C47H36N4. The van der Waals surface area contributed by atoms with Crippen molar-refractivity contribution in [1.82, 2.24) is 18.7 Å². The van der Waals surface area contributed by atoms with E-state index in [0.717, 1.165) is 45.0 Å². The van der Waals surface area contributed by atoms with Gasteiger partial charge in [0.05, 0.1) is 33.1 Å². The van der Waals surface area contributed by atoms with Crippen LogP contribution < -0.4 is 0 Å². The smallest absolute Gasteiger partial charge is 0.119 e. The standard InChI is InChI=1S/C47H36N4/c1-47(2,3)46-48-40-21-8-13-26-45(40)51(46)33-16-14-15-31(27-33)32-28-34(49-41-22-9-4-17-36(41)37-18-5-10-23-42(37)49)30-35(29-32)50-43-24-11-6-19-38(43)39-20-7-12-25-44(39)50/h4-30H,1-3H3. The Balaban J connectivity index is 1.28. The maximum atomic E-state index is 5.13. The molecule has 0 aliphatic heterocycles. The van der Waals surface area contributed by atoms with Crippen molar-refractivity contribution in [2.24, 2.45) is 0 Å². The molecule has 0 saturated heterocycles. The predicted octanol–water partition coefficient (Wildman–Crippen LogP) is 12.2. The molecule has 0 spiro atoms. The third-order valence-corrected chi connectivity index (χ3v) is 10.2. The van der Waals surface area contributed by atoms with Gasteiger partial charge in [-0.1, -0.05) is 118 Å². The molecule has 51 heavy (non-hydrogen) atoms. The highest BCUT2D eigenvalue weighted by Gasteiger charge is 2.24. The third-order valence-electron chi connectivity index (χ3n) is 10.2. The summed E-state index contributed by atoms with van der Waals surface area (Å²) in [7, 11) is 0. The summed E-state index contributed by atoms with van der Waals surface area (Å²) in [5.74, 6) is 1.05. The molecule has 10 aromatic rings. The molecule has 0 aliphatic rings. The van der Waals surface area contributed by atoms with Crippen molar-refractivity contribution in [2.45, 2.75) is 26.2 Å². The van der Waals surface area contributed by atoms with Crippen molar-refractivity contribution >= 4 is 54.6 Å². The Labute approximate surface area is 296 Å². The van der Waals surface area contributed by atoms with Gasteiger partial charge in [0.1, 0.15) is 5.82 Å². The van der Waals surface area contributed by atoms with Crippen LogP contribution in [-0.2, 0) is 5.41 Å². The highest BCUT2D eigenvalue weighted by atomic mass is 15.1. The molecule has 0 aliphatic carbocycles. The number of para-hydroxylation sites is 6. The van der Waals surface area contributed by atoms with Gasteiger partial charge in [0.15, 0.2) is 0 Å². The Bertz CT molecular complexity index is 2720. The number of hydrogen-bond acceptors (Lipinski definition) is 1. The second-order valence-electron chi connectivity index (χ2n) is 14.5. The van der Waals surface area contributed by atoms with E-state index in [9.17, 15) is 0 Å². The van der Waals surface area contributed by atoms with Gasteiger partial charge in [0, 0.05) is 44.0 Å². The summed E-state index contributed by atoms with van der Waals surface area (Å²) in [6.45, 7) is 6.71. The molecule has 0 atom stereocenters. The predicted molar refractivity (Wildman–Crippen MR) is 214 cm³/mol. The molecular weight excluding hydrogens is 621 g/mol. The molecule has 0 N–H and O–H groups in total. The normalized spacial score (nSPS) is 12.2. The first kappa shape index (κ1) is 29.5. The van der Waals surface area contributed by atoms with Crippen molar-refractivity contribution < 1.29 is 0 Å². The monoisotopic (exact) mass is 656 g/mol. The van der Waals surface area contributed by atoms with Crippen molar-refractivity contribution in [3.05, 3.63) is 170 Å². The number of nitrogens with zero attached hydrogens (tertiary/aromatic N) is 4. The van der Waals surface area contributed by atoms with Crippen LogP contribution >= 0.6 is 0 Å². The van der Waals surface area contributed by atoms with Crippen LogP contribution in [0.15, 0.2) is 164 Å². The van der Waals surface area contributed by atoms with Gasteiger partial charge < -0.3 is 9.13 Å². The fourth-order valence-corrected chi connectivity index (χ4v) is 8.04. The Morgan fingerprint density at radius 1 is 0.373 bits per heavy atom. The van der Waals surface area contributed by atoms with E-state index in [1.165, 1.54) is 43.6 Å². The van der Waals surface area contributed by atoms with E-state index < -0.39 is 0 Å². The minimum atomic E-state index is -0.144. The first-order valence-electron chi connectivity index (χ1n) is 17.6. The Morgan fingerprint density at radius 3 is 1.29 bits per heavy atom. The number of imidazole rings is 1. The molecule has 0 unspecified atom stereocenters. The van der Waals surface area contributed by atoms with Gasteiger partial charge >= 0.3 is 0 Å². The Kier molecular flexibility index (Phi) is 6.40. The lowest BCUT2D eigenvalue weighted by molar-refractivity contribution is 0.539.